The first-order valence-corrected chi connectivity index (χ1v) is 36.3. The standard InChI is InChI=1S/C74H140O6/c1-4-7-10-13-16-19-22-25-27-28-29-30-31-32-33-34-35-36-37-38-39-40-41-42-43-44-45-47-49-52-55-58-61-64-67-73(76)79-70-71(69-78-72(75)66-63-60-57-54-51-48-24-21-18-15-12-9-6-3)80-74(77)68-65-62-59-56-53-50-46-26-23-20-17-14-11-8-5-2/h21,24,26,46,71H,4-20,22-23,25,27-45,47-70H2,1-3H3/b24-21-,46-26-. The number of unbranched alkanes of at least 4 members (excludes halogenated alkanes) is 53. The molecule has 0 spiro atoms. The predicted molar refractivity (Wildman–Crippen MR) is 349 cm³/mol. The van der Waals surface area contributed by atoms with E-state index in [1.165, 1.54) is 302 Å². The summed E-state index contributed by atoms with van der Waals surface area (Å²) in [7, 11) is 0. The van der Waals surface area contributed by atoms with Crippen LogP contribution >= 0.6 is 0 Å². The molecule has 0 aliphatic rings. The van der Waals surface area contributed by atoms with Crippen LogP contribution in [0.5, 0.6) is 0 Å². The summed E-state index contributed by atoms with van der Waals surface area (Å²) in [4.78, 5) is 38.3. The number of allylic oxidation sites excluding steroid dienone is 4. The first kappa shape index (κ1) is 77.9. The Morgan fingerprint density at radius 3 is 0.637 bits per heavy atom. The first-order valence-electron chi connectivity index (χ1n) is 36.3. The highest BCUT2D eigenvalue weighted by molar-refractivity contribution is 5.71. The summed E-state index contributed by atoms with van der Waals surface area (Å²) in [5.74, 6) is -0.863. The fourth-order valence-corrected chi connectivity index (χ4v) is 11.2. The van der Waals surface area contributed by atoms with Crippen LogP contribution in [0, 0.1) is 0 Å². The molecule has 0 aromatic carbocycles. The van der Waals surface area contributed by atoms with E-state index in [1.807, 2.05) is 0 Å². The van der Waals surface area contributed by atoms with Gasteiger partial charge in [0.2, 0.25) is 0 Å². The van der Waals surface area contributed by atoms with Gasteiger partial charge in [-0.1, -0.05) is 347 Å². The molecule has 0 amide bonds. The highest BCUT2D eigenvalue weighted by Gasteiger charge is 2.19. The Labute approximate surface area is 500 Å². The van der Waals surface area contributed by atoms with Crippen LogP contribution in [0.2, 0.25) is 0 Å². The van der Waals surface area contributed by atoms with Gasteiger partial charge in [-0.05, 0) is 70.6 Å². The fourth-order valence-electron chi connectivity index (χ4n) is 11.2. The van der Waals surface area contributed by atoms with Crippen molar-refractivity contribution in [3.05, 3.63) is 24.3 Å². The van der Waals surface area contributed by atoms with E-state index in [9.17, 15) is 14.4 Å². The third-order valence-corrected chi connectivity index (χ3v) is 16.7. The number of carbonyl (C=O) groups is 3. The Morgan fingerprint density at radius 1 is 0.237 bits per heavy atom. The SMILES string of the molecule is CCCCCC/C=C\CCCCCCCC(=O)OCC(COC(=O)CCCCCCCCCCCCCCCCCCCCCCCCCCCCCCCCCCCC)OC(=O)CCCCCCC/C=C\CCCCCCCC. The van der Waals surface area contributed by atoms with E-state index in [2.05, 4.69) is 45.1 Å². The number of ether oxygens (including phenoxy) is 3. The van der Waals surface area contributed by atoms with Crippen LogP contribution in [0.3, 0.4) is 0 Å². The van der Waals surface area contributed by atoms with Crippen molar-refractivity contribution in [2.24, 2.45) is 0 Å². The molecule has 472 valence electrons. The second-order valence-corrected chi connectivity index (χ2v) is 24.9. The molecule has 0 N–H and O–H groups in total. The fraction of sp³-hybridized carbons (Fsp3) is 0.905. The maximum atomic E-state index is 12.9. The molecule has 0 heterocycles. The Hall–Kier alpha value is -2.11. The van der Waals surface area contributed by atoms with Crippen molar-refractivity contribution in [3.63, 3.8) is 0 Å². The third-order valence-electron chi connectivity index (χ3n) is 16.7. The van der Waals surface area contributed by atoms with Crippen LogP contribution in [0.25, 0.3) is 0 Å². The largest absolute Gasteiger partial charge is 0.462 e. The van der Waals surface area contributed by atoms with Crippen LogP contribution in [-0.4, -0.2) is 37.2 Å². The first-order chi connectivity index (χ1) is 39.5. The normalized spacial score (nSPS) is 12.1. The lowest BCUT2D eigenvalue weighted by molar-refractivity contribution is -0.167. The maximum absolute atomic E-state index is 12.9. The minimum atomic E-state index is -0.777. The van der Waals surface area contributed by atoms with Crippen molar-refractivity contribution in [3.8, 4) is 0 Å². The van der Waals surface area contributed by atoms with E-state index in [1.54, 1.807) is 0 Å². The Morgan fingerprint density at radius 2 is 0.412 bits per heavy atom. The van der Waals surface area contributed by atoms with Gasteiger partial charge in [0, 0.05) is 19.3 Å². The lowest BCUT2D eigenvalue weighted by Crippen LogP contribution is -2.30. The molecule has 0 rings (SSSR count). The monoisotopic (exact) mass is 1130 g/mol. The topological polar surface area (TPSA) is 78.9 Å². The molecule has 80 heavy (non-hydrogen) atoms. The zero-order valence-corrected chi connectivity index (χ0v) is 54.4. The predicted octanol–water partition coefficient (Wildman–Crippen LogP) is 25.0. The van der Waals surface area contributed by atoms with Crippen molar-refractivity contribution in [1.82, 2.24) is 0 Å². The summed E-state index contributed by atoms with van der Waals surface area (Å²) < 4.78 is 16.9. The molecule has 0 fully saturated rings. The minimum Gasteiger partial charge on any atom is -0.462 e. The average Bonchev–Trinajstić information content (AvgIpc) is 3.46. The number of esters is 3. The van der Waals surface area contributed by atoms with Crippen molar-refractivity contribution in [2.75, 3.05) is 13.2 Å². The second kappa shape index (κ2) is 69.4. The summed E-state index contributed by atoms with van der Waals surface area (Å²) in [6.07, 6.45) is 85.3. The van der Waals surface area contributed by atoms with Gasteiger partial charge < -0.3 is 14.2 Å². The molecule has 0 aromatic rings. The van der Waals surface area contributed by atoms with Crippen LogP contribution in [0.15, 0.2) is 24.3 Å². The number of rotatable bonds is 68. The van der Waals surface area contributed by atoms with Gasteiger partial charge in [-0.2, -0.15) is 0 Å². The molecule has 1 atom stereocenters. The summed E-state index contributed by atoms with van der Waals surface area (Å²) in [6, 6.07) is 0. The maximum Gasteiger partial charge on any atom is 0.306 e. The van der Waals surface area contributed by atoms with Gasteiger partial charge in [0.05, 0.1) is 0 Å². The van der Waals surface area contributed by atoms with E-state index in [4.69, 9.17) is 14.2 Å². The van der Waals surface area contributed by atoms with Crippen LogP contribution in [-0.2, 0) is 28.6 Å². The van der Waals surface area contributed by atoms with Crippen molar-refractivity contribution < 1.29 is 28.6 Å². The summed E-state index contributed by atoms with van der Waals surface area (Å²) >= 11 is 0. The van der Waals surface area contributed by atoms with Crippen LogP contribution in [0.4, 0.5) is 0 Å². The van der Waals surface area contributed by atoms with E-state index >= 15 is 0 Å². The van der Waals surface area contributed by atoms with Gasteiger partial charge in [0.25, 0.3) is 0 Å². The van der Waals surface area contributed by atoms with Crippen molar-refractivity contribution in [1.29, 1.82) is 0 Å². The quantitative estimate of drug-likeness (QED) is 0.0261. The molecule has 0 radical (unpaired) electrons. The molecule has 1 unspecified atom stereocenters. The highest BCUT2D eigenvalue weighted by Crippen LogP contribution is 2.19. The smallest absolute Gasteiger partial charge is 0.306 e. The van der Waals surface area contributed by atoms with E-state index in [-0.39, 0.29) is 31.1 Å². The van der Waals surface area contributed by atoms with Crippen molar-refractivity contribution in [2.45, 2.75) is 419 Å². The molecule has 6 heteroatoms. The van der Waals surface area contributed by atoms with E-state index in [0.717, 1.165) is 70.6 Å². The Kier molecular flexibility index (Phi) is 67.6. The Bertz CT molecular complexity index is 1290. The molecule has 6 nitrogen and oxygen atoms in total. The molecule has 0 aromatic heterocycles. The molecule has 0 aliphatic heterocycles. The number of hydrogen-bond donors (Lipinski definition) is 0. The molecule has 0 saturated carbocycles. The molecule has 0 aliphatic carbocycles. The van der Waals surface area contributed by atoms with Crippen LogP contribution in [0.1, 0.15) is 412 Å². The third kappa shape index (κ3) is 66.7. The molecule has 0 saturated heterocycles. The lowest BCUT2D eigenvalue weighted by atomic mass is 10.0. The average molecular weight is 1130 g/mol. The highest BCUT2D eigenvalue weighted by atomic mass is 16.6. The summed E-state index contributed by atoms with van der Waals surface area (Å²) in [5.41, 5.74) is 0. The van der Waals surface area contributed by atoms with Crippen LogP contribution < -0.4 is 0 Å². The molecular formula is C74H140O6. The molecule has 0 bridgehead atoms. The van der Waals surface area contributed by atoms with E-state index in [0.29, 0.717) is 19.3 Å². The van der Waals surface area contributed by atoms with Gasteiger partial charge in [-0.3, -0.25) is 14.4 Å². The zero-order valence-electron chi connectivity index (χ0n) is 54.4. The van der Waals surface area contributed by atoms with Gasteiger partial charge in [0.15, 0.2) is 6.10 Å². The minimum absolute atomic E-state index is 0.0723. The lowest BCUT2D eigenvalue weighted by Gasteiger charge is -2.18. The zero-order chi connectivity index (χ0) is 57.8. The van der Waals surface area contributed by atoms with Crippen molar-refractivity contribution >= 4 is 17.9 Å². The van der Waals surface area contributed by atoms with Gasteiger partial charge >= 0.3 is 17.9 Å². The van der Waals surface area contributed by atoms with Gasteiger partial charge in [-0.25, -0.2) is 0 Å². The summed E-state index contributed by atoms with van der Waals surface area (Å²) in [5, 5.41) is 0. The number of hydrogen-bond acceptors (Lipinski definition) is 6. The number of carbonyl (C=O) groups excluding carboxylic acids is 3. The summed E-state index contributed by atoms with van der Waals surface area (Å²) in [6.45, 7) is 6.68. The van der Waals surface area contributed by atoms with Gasteiger partial charge in [0.1, 0.15) is 13.2 Å². The second-order valence-electron chi connectivity index (χ2n) is 24.9. The van der Waals surface area contributed by atoms with E-state index < -0.39 is 6.10 Å². The Balaban J connectivity index is 4.05. The van der Waals surface area contributed by atoms with Gasteiger partial charge in [-0.15, -0.1) is 0 Å². The molecular weight excluding hydrogens is 985 g/mol.